The molecular formula is C21H26N2O5. The van der Waals surface area contributed by atoms with E-state index in [1.54, 1.807) is 20.3 Å². The highest BCUT2D eigenvalue weighted by molar-refractivity contribution is 5.91. The first-order valence-corrected chi connectivity index (χ1v) is 9.30. The van der Waals surface area contributed by atoms with Gasteiger partial charge in [-0.05, 0) is 42.8 Å². The van der Waals surface area contributed by atoms with Gasteiger partial charge >= 0.3 is 0 Å². The van der Waals surface area contributed by atoms with Crippen LogP contribution in [0.25, 0.3) is 0 Å². The normalized spacial score (nSPS) is 12.4. The molecule has 150 valence electrons. The minimum Gasteiger partial charge on any atom is -0.493 e. The summed E-state index contributed by atoms with van der Waals surface area (Å²) >= 11 is 0. The zero-order valence-corrected chi connectivity index (χ0v) is 16.2. The Bertz CT molecular complexity index is 809. The highest BCUT2D eigenvalue weighted by Crippen LogP contribution is 2.32. The minimum absolute atomic E-state index is 0.0460. The van der Waals surface area contributed by atoms with Crippen molar-refractivity contribution < 1.29 is 23.7 Å². The molecule has 1 aliphatic heterocycles. The number of methoxy groups -OCH3 is 2. The van der Waals surface area contributed by atoms with Gasteiger partial charge in [0.05, 0.1) is 14.2 Å². The van der Waals surface area contributed by atoms with Crippen LogP contribution in [0, 0.1) is 0 Å². The molecule has 1 aliphatic rings. The van der Waals surface area contributed by atoms with Crippen LogP contribution in [0.2, 0.25) is 0 Å². The second-order valence-corrected chi connectivity index (χ2v) is 6.35. The summed E-state index contributed by atoms with van der Waals surface area (Å²) in [7, 11) is 3.25. The first-order valence-electron chi connectivity index (χ1n) is 9.30. The summed E-state index contributed by atoms with van der Waals surface area (Å²) < 4.78 is 21.6. The van der Waals surface area contributed by atoms with Crippen LogP contribution in [-0.4, -0.2) is 46.4 Å². The molecule has 0 fully saturated rings. The molecule has 2 aromatic rings. The quantitative estimate of drug-likeness (QED) is 0.645. The van der Waals surface area contributed by atoms with E-state index >= 15 is 0 Å². The summed E-state index contributed by atoms with van der Waals surface area (Å²) in [6, 6.07) is 11.3. The first-order chi connectivity index (χ1) is 13.7. The summed E-state index contributed by atoms with van der Waals surface area (Å²) in [4.78, 5) is 12.1. The van der Waals surface area contributed by atoms with E-state index in [1.807, 2.05) is 30.3 Å². The van der Waals surface area contributed by atoms with E-state index in [-0.39, 0.29) is 5.91 Å². The molecule has 0 aromatic heterocycles. The Morgan fingerprint density at radius 2 is 1.75 bits per heavy atom. The molecule has 0 unspecified atom stereocenters. The summed E-state index contributed by atoms with van der Waals surface area (Å²) in [5, 5.41) is 6.17. The van der Waals surface area contributed by atoms with E-state index < -0.39 is 0 Å². The maximum absolute atomic E-state index is 12.1. The second kappa shape index (κ2) is 9.85. The molecule has 7 nitrogen and oxygen atoms in total. The van der Waals surface area contributed by atoms with E-state index in [1.165, 1.54) is 0 Å². The molecule has 7 heteroatoms. The highest BCUT2D eigenvalue weighted by atomic mass is 16.6. The third-order valence-electron chi connectivity index (χ3n) is 4.39. The standard InChI is InChI=1S/C21H26N2O5/c1-25-17-5-3-15(13-19(17)26-2)7-9-22-10-8-21(24)23-16-4-6-18-20(14-16)28-12-11-27-18/h3-6,13-14,22H,7-12H2,1-2H3,(H,23,24). The van der Waals surface area contributed by atoms with Crippen molar-refractivity contribution in [1.82, 2.24) is 5.32 Å². The number of rotatable bonds is 9. The Kier molecular flexibility index (Phi) is 6.97. The molecule has 0 saturated carbocycles. The maximum atomic E-state index is 12.1. The summed E-state index contributed by atoms with van der Waals surface area (Å²) in [6.45, 7) is 2.44. The van der Waals surface area contributed by atoms with Gasteiger partial charge in [-0.15, -0.1) is 0 Å². The molecule has 0 saturated heterocycles. The van der Waals surface area contributed by atoms with Crippen LogP contribution < -0.4 is 29.6 Å². The second-order valence-electron chi connectivity index (χ2n) is 6.35. The Hall–Kier alpha value is -2.93. The van der Waals surface area contributed by atoms with E-state index in [9.17, 15) is 4.79 Å². The van der Waals surface area contributed by atoms with Crippen LogP contribution in [0.1, 0.15) is 12.0 Å². The van der Waals surface area contributed by atoms with Gasteiger partial charge in [0, 0.05) is 24.7 Å². The van der Waals surface area contributed by atoms with Crippen molar-refractivity contribution in [3.05, 3.63) is 42.0 Å². The summed E-state index contributed by atoms with van der Waals surface area (Å²) in [5.74, 6) is 2.77. The third-order valence-corrected chi connectivity index (χ3v) is 4.39. The molecule has 2 aromatic carbocycles. The molecule has 0 aliphatic carbocycles. The fraction of sp³-hybridized carbons (Fsp3) is 0.381. The monoisotopic (exact) mass is 386 g/mol. The van der Waals surface area contributed by atoms with Gasteiger partial charge < -0.3 is 29.6 Å². The Labute approximate surface area is 164 Å². The molecule has 0 radical (unpaired) electrons. The number of hydrogen-bond acceptors (Lipinski definition) is 6. The summed E-state index contributed by atoms with van der Waals surface area (Å²) in [6.07, 6.45) is 1.23. The topological polar surface area (TPSA) is 78.1 Å². The number of anilines is 1. The Morgan fingerprint density at radius 3 is 2.54 bits per heavy atom. The lowest BCUT2D eigenvalue weighted by Gasteiger charge is -2.19. The van der Waals surface area contributed by atoms with E-state index in [0.29, 0.717) is 43.4 Å². The smallest absolute Gasteiger partial charge is 0.225 e. The SMILES string of the molecule is COc1ccc(CCNCCC(=O)Nc2ccc3c(c2)OCCO3)cc1OC. The average molecular weight is 386 g/mol. The highest BCUT2D eigenvalue weighted by Gasteiger charge is 2.12. The minimum atomic E-state index is -0.0460. The Balaban J connectivity index is 1.38. The zero-order chi connectivity index (χ0) is 19.8. The van der Waals surface area contributed by atoms with Gasteiger partial charge in [0.1, 0.15) is 13.2 Å². The number of hydrogen-bond donors (Lipinski definition) is 2. The number of nitrogens with one attached hydrogen (secondary N) is 2. The lowest BCUT2D eigenvalue weighted by atomic mass is 10.1. The van der Waals surface area contributed by atoms with Crippen molar-refractivity contribution in [1.29, 1.82) is 0 Å². The van der Waals surface area contributed by atoms with Crippen molar-refractivity contribution in [2.24, 2.45) is 0 Å². The predicted octanol–water partition coefficient (Wildman–Crippen LogP) is 2.64. The van der Waals surface area contributed by atoms with Crippen LogP contribution in [0.4, 0.5) is 5.69 Å². The van der Waals surface area contributed by atoms with Crippen LogP contribution in [0.3, 0.4) is 0 Å². The van der Waals surface area contributed by atoms with E-state index in [0.717, 1.165) is 30.0 Å². The number of amides is 1. The zero-order valence-electron chi connectivity index (χ0n) is 16.2. The maximum Gasteiger partial charge on any atom is 0.225 e. The van der Waals surface area contributed by atoms with Crippen molar-refractivity contribution in [2.45, 2.75) is 12.8 Å². The van der Waals surface area contributed by atoms with Gasteiger partial charge in [0.25, 0.3) is 0 Å². The summed E-state index contributed by atoms with van der Waals surface area (Å²) in [5.41, 5.74) is 1.85. The number of ether oxygens (including phenoxy) is 4. The average Bonchev–Trinajstić information content (AvgIpc) is 2.73. The fourth-order valence-electron chi connectivity index (χ4n) is 2.94. The number of fused-ring (bicyclic) bond motifs is 1. The molecule has 1 amide bonds. The molecule has 0 spiro atoms. The van der Waals surface area contributed by atoms with Gasteiger partial charge in [-0.2, -0.15) is 0 Å². The molecule has 0 atom stereocenters. The third kappa shape index (κ3) is 5.29. The van der Waals surface area contributed by atoms with Crippen LogP contribution >= 0.6 is 0 Å². The largest absolute Gasteiger partial charge is 0.493 e. The lowest BCUT2D eigenvalue weighted by Crippen LogP contribution is -2.23. The van der Waals surface area contributed by atoms with Crippen molar-refractivity contribution >= 4 is 11.6 Å². The fourth-order valence-corrected chi connectivity index (χ4v) is 2.94. The lowest BCUT2D eigenvalue weighted by molar-refractivity contribution is -0.116. The molecule has 0 bridgehead atoms. The van der Waals surface area contributed by atoms with Gasteiger partial charge in [0.2, 0.25) is 5.91 Å². The van der Waals surface area contributed by atoms with Gasteiger partial charge in [-0.3, -0.25) is 4.79 Å². The first kappa shape index (κ1) is 19.8. The van der Waals surface area contributed by atoms with Crippen LogP contribution in [-0.2, 0) is 11.2 Å². The van der Waals surface area contributed by atoms with E-state index in [4.69, 9.17) is 18.9 Å². The molecule has 2 N–H and O–H groups in total. The van der Waals surface area contributed by atoms with Crippen molar-refractivity contribution in [3.63, 3.8) is 0 Å². The molecular weight excluding hydrogens is 360 g/mol. The predicted molar refractivity (Wildman–Crippen MR) is 107 cm³/mol. The Morgan fingerprint density at radius 1 is 0.964 bits per heavy atom. The number of carbonyl (C=O) groups is 1. The number of benzene rings is 2. The van der Waals surface area contributed by atoms with Crippen molar-refractivity contribution in [3.8, 4) is 23.0 Å². The van der Waals surface area contributed by atoms with Crippen LogP contribution in [0.5, 0.6) is 23.0 Å². The van der Waals surface area contributed by atoms with Gasteiger partial charge in [-0.1, -0.05) is 6.07 Å². The number of carbonyl (C=O) groups excluding carboxylic acids is 1. The molecule has 1 heterocycles. The van der Waals surface area contributed by atoms with E-state index in [2.05, 4.69) is 10.6 Å². The van der Waals surface area contributed by atoms with Gasteiger partial charge in [0.15, 0.2) is 23.0 Å². The molecule has 3 rings (SSSR count). The molecule has 28 heavy (non-hydrogen) atoms. The van der Waals surface area contributed by atoms with Crippen LogP contribution in [0.15, 0.2) is 36.4 Å². The van der Waals surface area contributed by atoms with Gasteiger partial charge in [-0.25, -0.2) is 0 Å². The van der Waals surface area contributed by atoms with Crippen molar-refractivity contribution in [2.75, 3.05) is 45.8 Å².